The summed E-state index contributed by atoms with van der Waals surface area (Å²) >= 11 is 0. The predicted octanol–water partition coefficient (Wildman–Crippen LogP) is 4.08. The van der Waals surface area contributed by atoms with Crippen molar-refractivity contribution >= 4 is 15.4 Å². The highest BCUT2D eigenvalue weighted by Crippen LogP contribution is 2.40. The van der Waals surface area contributed by atoms with Crippen LogP contribution in [0.15, 0.2) is 48.9 Å². The first-order chi connectivity index (χ1) is 20.1. The first-order valence-electron chi connectivity index (χ1n) is 14.0. The second-order valence-electron chi connectivity index (χ2n) is 11.4. The summed E-state index contributed by atoms with van der Waals surface area (Å²) in [6.07, 6.45) is 8.42. The minimum atomic E-state index is -3.27. The summed E-state index contributed by atoms with van der Waals surface area (Å²) in [6, 6.07) is 7.09. The number of hydrogen-bond donors (Lipinski definition) is 1. The Hall–Kier alpha value is -3.48. The zero-order valence-corrected chi connectivity index (χ0v) is 24.2. The van der Waals surface area contributed by atoms with E-state index in [-0.39, 0.29) is 34.9 Å². The maximum atomic E-state index is 15.2. The van der Waals surface area contributed by atoms with E-state index in [4.69, 9.17) is 15.2 Å². The van der Waals surface area contributed by atoms with Gasteiger partial charge < -0.3 is 15.2 Å². The van der Waals surface area contributed by atoms with Crippen LogP contribution in [0.3, 0.4) is 0 Å². The molecule has 2 N–H and O–H groups in total. The molecule has 1 aromatic carbocycles. The first kappa shape index (κ1) is 28.6. The molecule has 1 saturated carbocycles. The van der Waals surface area contributed by atoms with Crippen molar-refractivity contribution in [3.05, 3.63) is 77.5 Å². The van der Waals surface area contributed by atoms with E-state index in [0.29, 0.717) is 50.2 Å². The highest BCUT2D eigenvalue weighted by molar-refractivity contribution is 7.91. The number of pyridine rings is 1. The fraction of sp³-hybridized carbons (Fsp3) is 0.433. The number of nitrogens with zero attached hydrogens (tertiary/aromatic N) is 4. The van der Waals surface area contributed by atoms with Gasteiger partial charge in [-0.05, 0) is 54.0 Å². The SMILES string of the molecule is C[C@H]1C[C@@H](c2ccncc2Cc2ncc3ccc(-c4c(F)cc(OC5CCOC5)cc4F)nn23)C[C@@H](N)[C@H]1S(C)(=O)=O. The van der Waals surface area contributed by atoms with E-state index in [9.17, 15) is 8.42 Å². The van der Waals surface area contributed by atoms with Gasteiger partial charge in [0.15, 0.2) is 9.84 Å². The van der Waals surface area contributed by atoms with Crippen molar-refractivity contribution in [3.63, 3.8) is 0 Å². The van der Waals surface area contributed by atoms with Crippen LogP contribution in [-0.2, 0) is 21.0 Å². The van der Waals surface area contributed by atoms with Gasteiger partial charge in [-0.1, -0.05) is 6.92 Å². The Morgan fingerprint density at radius 3 is 2.62 bits per heavy atom. The van der Waals surface area contributed by atoms with E-state index < -0.39 is 32.8 Å². The first-order valence-corrected chi connectivity index (χ1v) is 16.0. The molecule has 222 valence electrons. The van der Waals surface area contributed by atoms with Crippen molar-refractivity contribution in [1.29, 1.82) is 0 Å². The fourth-order valence-corrected chi connectivity index (χ4v) is 8.26. The number of sulfone groups is 1. The molecular formula is C30H33F2N5O4S. The van der Waals surface area contributed by atoms with Crippen molar-refractivity contribution < 1.29 is 26.7 Å². The summed E-state index contributed by atoms with van der Waals surface area (Å²) in [6.45, 7) is 2.88. The number of benzene rings is 1. The Kier molecular flexibility index (Phi) is 7.71. The number of fused-ring (bicyclic) bond motifs is 1. The molecule has 42 heavy (non-hydrogen) atoms. The van der Waals surface area contributed by atoms with Crippen LogP contribution in [0.2, 0.25) is 0 Å². The quantitative estimate of drug-likeness (QED) is 0.338. The lowest BCUT2D eigenvalue weighted by molar-refractivity contribution is 0.141. The van der Waals surface area contributed by atoms with Crippen molar-refractivity contribution in [2.24, 2.45) is 11.7 Å². The minimum absolute atomic E-state index is 0.0560. The number of imidazole rings is 1. The Balaban J connectivity index is 1.28. The van der Waals surface area contributed by atoms with Crippen LogP contribution in [0, 0.1) is 17.6 Å². The monoisotopic (exact) mass is 597 g/mol. The fourth-order valence-electron chi connectivity index (χ4n) is 6.56. The smallest absolute Gasteiger partial charge is 0.152 e. The lowest BCUT2D eigenvalue weighted by Gasteiger charge is -2.38. The Labute approximate surface area is 243 Å². The van der Waals surface area contributed by atoms with Gasteiger partial charge in [0.25, 0.3) is 0 Å². The Morgan fingerprint density at radius 2 is 1.93 bits per heavy atom. The van der Waals surface area contributed by atoms with Gasteiger partial charge in [-0.25, -0.2) is 26.7 Å². The topological polar surface area (TPSA) is 122 Å². The van der Waals surface area contributed by atoms with Gasteiger partial charge in [-0.3, -0.25) is 4.98 Å². The molecule has 6 rings (SSSR count). The standard InChI is InChI=1S/C30H33F2N5O4S/c1-17-9-18(10-26(33)30(17)42(2,38)39)23-5-7-34-14-19(23)11-28-35-15-20-3-4-27(36-37(20)28)29-24(31)12-22(13-25(29)32)41-21-6-8-40-16-21/h3-5,7,12-15,17-18,21,26,30H,6,8-11,16,33H2,1-2H3/t17-,18+,21?,26+,30-/m0/s1. The molecule has 2 aliphatic rings. The molecule has 1 unspecified atom stereocenters. The highest BCUT2D eigenvalue weighted by Gasteiger charge is 2.40. The molecule has 4 aromatic rings. The van der Waals surface area contributed by atoms with Gasteiger partial charge in [0, 0.05) is 49.7 Å². The van der Waals surface area contributed by atoms with Crippen molar-refractivity contribution in [2.75, 3.05) is 19.5 Å². The van der Waals surface area contributed by atoms with Crippen molar-refractivity contribution in [3.8, 4) is 17.0 Å². The molecule has 4 heterocycles. The summed E-state index contributed by atoms with van der Waals surface area (Å²) < 4.78 is 67.6. The molecular weight excluding hydrogens is 564 g/mol. The number of ether oxygens (including phenoxy) is 2. The van der Waals surface area contributed by atoms with Gasteiger partial charge >= 0.3 is 0 Å². The van der Waals surface area contributed by atoms with Crippen molar-refractivity contribution in [1.82, 2.24) is 19.6 Å². The molecule has 3 aromatic heterocycles. The number of nitrogens with two attached hydrogens (primary N) is 1. The zero-order chi connectivity index (χ0) is 29.6. The van der Waals surface area contributed by atoms with Gasteiger partial charge in [-0.15, -0.1) is 0 Å². The summed E-state index contributed by atoms with van der Waals surface area (Å²) in [4.78, 5) is 8.87. The number of aromatic nitrogens is 4. The Morgan fingerprint density at radius 1 is 1.14 bits per heavy atom. The van der Waals surface area contributed by atoms with E-state index in [2.05, 4.69) is 15.1 Å². The summed E-state index contributed by atoms with van der Waals surface area (Å²) in [7, 11) is -3.27. The molecule has 5 atom stereocenters. The molecule has 0 bridgehead atoms. The molecule has 1 aliphatic heterocycles. The summed E-state index contributed by atoms with van der Waals surface area (Å²) in [5.74, 6) is -0.910. The molecule has 2 fully saturated rings. The zero-order valence-electron chi connectivity index (χ0n) is 23.4. The molecule has 1 saturated heterocycles. The van der Waals surface area contributed by atoms with Crippen LogP contribution < -0.4 is 10.5 Å². The maximum Gasteiger partial charge on any atom is 0.152 e. The number of rotatable bonds is 7. The normalized spacial score (nSPS) is 24.7. The largest absolute Gasteiger partial charge is 0.488 e. The Bertz CT molecular complexity index is 1690. The highest BCUT2D eigenvalue weighted by atomic mass is 32.2. The third kappa shape index (κ3) is 5.62. The molecule has 12 heteroatoms. The van der Waals surface area contributed by atoms with Crippen LogP contribution in [0.5, 0.6) is 5.75 Å². The average Bonchev–Trinajstić information content (AvgIpc) is 3.57. The van der Waals surface area contributed by atoms with Crippen molar-refractivity contribution in [2.45, 2.75) is 55.9 Å². The van der Waals surface area contributed by atoms with E-state index >= 15 is 8.78 Å². The molecule has 1 aliphatic carbocycles. The van der Waals surface area contributed by atoms with Crippen LogP contribution in [0.1, 0.15) is 49.1 Å². The van der Waals surface area contributed by atoms with Crippen LogP contribution in [-0.4, -0.2) is 64.9 Å². The summed E-state index contributed by atoms with van der Waals surface area (Å²) in [5, 5.41) is 3.99. The lowest BCUT2D eigenvalue weighted by atomic mass is 9.75. The van der Waals surface area contributed by atoms with Crippen LogP contribution in [0.4, 0.5) is 8.78 Å². The van der Waals surface area contributed by atoms with Gasteiger partial charge in [-0.2, -0.15) is 5.10 Å². The molecule has 0 spiro atoms. The van der Waals surface area contributed by atoms with Crippen LogP contribution >= 0.6 is 0 Å². The second-order valence-corrected chi connectivity index (χ2v) is 13.7. The molecule has 9 nitrogen and oxygen atoms in total. The maximum absolute atomic E-state index is 15.2. The van der Waals surface area contributed by atoms with E-state index in [0.717, 1.165) is 11.1 Å². The predicted molar refractivity (Wildman–Crippen MR) is 153 cm³/mol. The third-order valence-electron chi connectivity index (χ3n) is 8.34. The molecule has 0 radical (unpaired) electrons. The van der Waals surface area contributed by atoms with Gasteiger partial charge in [0.1, 0.15) is 29.3 Å². The van der Waals surface area contributed by atoms with E-state index in [1.54, 1.807) is 35.2 Å². The van der Waals surface area contributed by atoms with Crippen LogP contribution in [0.25, 0.3) is 16.8 Å². The number of halogens is 2. The van der Waals surface area contributed by atoms with Gasteiger partial charge in [0.2, 0.25) is 0 Å². The lowest BCUT2D eigenvalue weighted by Crippen LogP contribution is -2.48. The number of hydrogen-bond acceptors (Lipinski definition) is 8. The van der Waals surface area contributed by atoms with E-state index in [1.807, 2.05) is 13.0 Å². The average molecular weight is 598 g/mol. The molecule has 0 amide bonds. The summed E-state index contributed by atoms with van der Waals surface area (Å²) in [5.41, 5.74) is 8.88. The van der Waals surface area contributed by atoms with E-state index in [1.165, 1.54) is 18.4 Å². The van der Waals surface area contributed by atoms with Gasteiger partial charge in [0.05, 0.1) is 41.4 Å². The minimum Gasteiger partial charge on any atom is -0.488 e. The third-order valence-corrected chi connectivity index (χ3v) is 10.1. The second kappa shape index (κ2) is 11.3.